The molecule has 15 heavy (non-hydrogen) atoms. The molecule has 1 aromatic rings. The smallest absolute Gasteiger partial charge is 0.341 e. The van der Waals surface area contributed by atoms with Gasteiger partial charge in [-0.25, -0.2) is 4.79 Å². The standard InChI is InChI=1S/C10H10Cl2O3/c1-3-15-9-6(10(13)14-2)4-5-7(11)8(9)12/h4-5H,3H2,1-2H3. The minimum Gasteiger partial charge on any atom is -0.491 e. The molecule has 0 spiro atoms. The van der Waals surface area contributed by atoms with Crippen LogP contribution >= 0.6 is 23.2 Å². The molecule has 82 valence electrons. The minimum absolute atomic E-state index is 0.224. The first-order valence-corrected chi connectivity index (χ1v) is 5.06. The zero-order valence-corrected chi connectivity index (χ0v) is 9.85. The van der Waals surface area contributed by atoms with Gasteiger partial charge in [0.25, 0.3) is 0 Å². The minimum atomic E-state index is -0.503. The number of hydrogen-bond donors (Lipinski definition) is 0. The van der Waals surface area contributed by atoms with E-state index in [1.54, 1.807) is 6.92 Å². The summed E-state index contributed by atoms with van der Waals surface area (Å²) >= 11 is 11.7. The molecule has 0 saturated heterocycles. The lowest BCUT2D eigenvalue weighted by Gasteiger charge is -2.11. The largest absolute Gasteiger partial charge is 0.491 e. The lowest BCUT2D eigenvalue weighted by Crippen LogP contribution is -2.06. The second-order valence-corrected chi connectivity index (χ2v) is 3.45. The molecule has 0 aliphatic carbocycles. The highest BCUT2D eigenvalue weighted by molar-refractivity contribution is 6.43. The Morgan fingerprint density at radius 2 is 2.07 bits per heavy atom. The molecular weight excluding hydrogens is 239 g/mol. The fraction of sp³-hybridized carbons (Fsp3) is 0.300. The van der Waals surface area contributed by atoms with Gasteiger partial charge in [0.1, 0.15) is 10.6 Å². The molecular formula is C10H10Cl2O3. The van der Waals surface area contributed by atoms with Gasteiger partial charge in [-0.3, -0.25) is 0 Å². The van der Waals surface area contributed by atoms with Crippen LogP contribution in [0.25, 0.3) is 0 Å². The van der Waals surface area contributed by atoms with E-state index in [4.69, 9.17) is 27.9 Å². The maximum Gasteiger partial charge on any atom is 0.341 e. The number of carbonyl (C=O) groups is 1. The third-order valence-corrected chi connectivity index (χ3v) is 2.53. The van der Waals surface area contributed by atoms with Crippen LogP contribution in [0.4, 0.5) is 0 Å². The number of methoxy groups -OCH3 is 1. The Labute approximate surface area is 97.9 Å². The van der Waals surface area contributed by atoms with Crippen molar-refractivity contribution in [1.29, 1.82) is 0 Å². The predicted octanol–water partition coefficient (Wildman–Crippen LogP) is 3.18. The van der Waals surface area contributed by atoms with Crippen molar-refractivity contribution in [2.45, 2.75) is 6.92 Å². The van der Waals surface area contributed by atoms with Crippen molar-refractivity contribution >= 4 is 29.2 Å². The van der Waals surface area contributed by atoms with Gasteiger partial charge in [-0.2, -0.15) is 0 Å². The average Bonchev–Trinajstić information content (AvgIpc) is 2.24. The molecule has 0 N–H and O–H groups in total. The first kappa shape index (κ1) is 12.1. The normalized spacial score (nSPS) is 9.87. The monoisotopic (exact) mass is 248 g/mol. The lowest BCUT2D eigenvalue weighted by molar-refractivity contribution is 0.0596. The van der Waals surface area contributed by atoms with Crippen LogP contribution in [0.3, 0.4) is 0 Å². The summed E-state index contributed by atoms with van der Waals surface area (Å²) in [6.07, 6.45) is 0. The van der Waals surface area contributed by atoms with E-state index in [9.17, 15) is 4.79 Å². The third kappa shape index (κ3) is 2.55. The van der Waals surface area contributed by atoms with Gasteiger partial charge in [-0.1, -0.05) is 23.2 Å². The quantitative estimate of drug-likeness (QED) is 0.771. The van der Waals surface area contributed by atoms with Crippen LogP contribution in [0.15, 0.2) is 12.1 Å². The first-order chi connectivity index (χ1) is 7.11. The van der Waals surface area contributed by atoms with Crippen LogP contribution < -0.4 is 4.74 Å². The van der Waals surface area contributed by atoms with Crippen LogP contribution in [0.2, 0.25) is 10.0 Å². The van der Waals surface area contributed by atoms with Crippen molar-refractivity contribution in [3.8, 4) is 5.75 Å². The molecule has 0 fully saturated rings. The molecule has 1 rings (SSSR count). The Bertz CT molecular complexity index is 377. The Morgan fingerprint density at radius 3 is 2.60 bits per heavy atom. The maximum absolute atomic E-state index is 11.4. The van der Waals surface area contributed by atoms with Gasteiger partial charge in [0.15, 0.2) is 5.75 Å². The second kappa shape index (κ2) is 5.24. The molecule has 0 bridgehead atoms. The van der Waals surface area contributed by atoms with E-state index >= 15 is 0 Å². The van der Waals surface area contributed by atoms with Crippen molar-refractivity contribution in [2.75, 3.05) is 13.7 Å². The Balaban J connectivity index is 3.26. The van der Waals surface area contributed by atoms with E-state index in [-0.39, 0.29) is 16.3 Å². The van der Waals surface area contributed by atoms with Gasteiger partial charge >= 0.3 is 5.97 Å². The number of esters is 1. The highest BCUT2D eigenvalue weighted by Gasteiger charge is 2.18. The predicted molar refractivity (Wildman–Crippen MR) is 59.0 cm³/mol. The number of halogens is 2. The lowest BCUT2D eigenvalue weighted by atomic mass is 10.2. The van der Waals surface area contributed by atoms with Gasteiger partial charge in [0.2, 0.25) is 0 Å². The molecule has 5 heteroatoms. The molecule has 0 radical (unpaired) electrons. The maximum atomic E-state index is 11.4. The Hall–Kier alpha value is -0.930. The zero-order chi connectivity index (χ0) is 11.4. The van der Waals surface area contributed by atoms with E-state index in [0.29, 0.717) is 11.6 Å². The van der Waals surface area contributed by atoms with Gasteiger partial charge in [-0.05, 0) is 19.1 Å². The van der Waals surface area contributed by atoms with Gasteiger partial charge < -0.3 is 9.47 Å². The summed E-state index contributed by atoms with van der Waals surface area (Å²) in [5.41, 5.74) is 0.272. The zero-order valence-electron chi connectivity index (χ0n) is 8.34. The van der Waals surface area contributed by atoms with E-state index in [2.05, 4.69) is 4.74 Å². The highest BCUT2D eigenvalue weighted by Crippen LogP contribution is 2.35. The highest BCUT2D eigenvalue weighted by atomic mass is 35.5. The van der Waals surface area contributed by atoms with Crippen LogP contribution in [-0.4, -0.2) is 19.7 Å². The number of hydrogen-bond acceptors (Lipinski definition) is 3. The van der Waals surface area contributed by atoms with Crippen molar-refractivity contribution in [1.82, 2.24) is 0 Å². The third-order valence-electron chi connectivity index (χ3n) is 1.74. The average molecular weight is 249 g/mol. The summed E-state index contributed by atoms with van der Waals surface area (Å²) in [5.74, 6) is -0.240. The molecule has 1 aromatic carbocycles. The molecule has 0 aromatic heterocycles. The van der Waals surface area contributed by atoms with Gasteiger partial charge in [0.05, 0.1) is 18.7 Å². The molecule has 0 amide bonds. The van der Waals surface area contributed by atoms with E-state index in [0.717, 1.165) is 0 Å². The van der Waals surface area contributed by atoms with Crippen LogP contribution in [0.5, 0.6) is 5.75 Å². The van der Waals surface area contributed by atoms with E-state index in [1.165, 1.54) is 19.2 Å². The topological polar surface area (TPSA) is 35.5 Å². The second-order valence-electron chi connectivity index (χ2n) is 2.66. The fourth-order valence-electron chi connectivity index (χ4n) is 1.09. The van der Waals surface area contributed by atoms with Crippen molar-refractivity contribution in [2.24, 2.45) is 0 Å². The summed E-state index contributed by atoms with van der Waals surface area (Å²) in [5, 5.41) is 0.564. The molecule has 0 saturated carbocycles. The number of rotatable bonds is 3. The summed E-state index contributed by atoms with van der Waals surface area (Å²) < 4.78 is 9.85. The number of carbonyl (C=O) groups excluding carboxylic acids is 1. The van der Waals surface area contributed by atoms with Crippen LogP contribution in [0, 0.1) is 0 Å². The van der Waals surface area contributed by atoms with Crippen LogP contribution in [-0.2, 0) is 4.74 Å². The molecule has 0 aliphatic rings. The van der Waals surface area contributed by atoms with Gasteiger partial charge in [0, 0.05) is 0 Å². The summed E-state index contributed by atoms with van der Waals surface area (Å²) in [6.45, 7) is 2.18. The van der Waals surface area contributed by atoms with Crippen molar-refractivity contribution in [3.05, 3.63) is 27.7 Å². The Morgan fingerprint density at radius 1 is 1.40 bits per heavy atom. The molecule has 0 unspecified atom stereocenters. The fourth-order valence-corrected chi connectivity index (χ4v) is 1.46. The first-order valence-electron chi connectivity index (χ1n) is 4.31. The molecule has 0 aliphatic heterocycles. The number of ether oxygens (including phenoxy) is 2. The Kier molecular flexibility index (Phi) is 4.24. The summed E-state index contributed by atoms with van der Waals surface area (Å²) in [4.78, 5) is 11.4. The summed E-state index contributed by atoms with van der Waals surface area (Å²) in [7, 11) is 1.29. The van der Waals surface area contributed by atoms with Crippen LogP contribution in [0.1, 0.15) is 17.3 Å². The van der Waals surface area contributed by atoms with Crippen molar-refractivity contribution < 1.29 is 14.3 Å². The number of benzene rings is 1. The SMILES string of the molecule is CCOc1c(C(=O)OC)ccc(Cl)c1Cl. The van der Waals surface area contributed by atoms with Gasteiger partial charge in [-0.15, -0.1) is 0 Å². The molecule has 3 nitrogen and oxygen atoms in total. The van der Waals surface area contributed by atoms with E-state index in [1.807, 2.05) is 0 Å². The van der Waals surface area contributed by atoms with E-state index < -0.39 is 5.97 Å². The molecule has 0 heterocycles. The molecule has 0 atom stereocenters. The van der Waals surface area contributed by atoms with Crippen molar-refractivity contribution in [3.63, 3.8) is 0 Å². The summed E-state index contributed by atoms with van der Waals surface area (Å²) in [6, 6.07) is 3.05.